The first-order valence-corrected chi connectivity index (χ1v) is 4.46. The smallest absolute Gasteiger partial charge is 0.0841 e. The molecular weight excluding hydrogens is 206 g/mol. The summed E-state index contributed by atoms with van der Waals surface area (Å²) in [4.78, 5) is 3.82. The molecule has 80 valence electrons. The van der Waals surface area contributed by atoms with Crippen LogP contribution in [0.4, 0.5) is 0 Å². The van der Waals surface area contributed by atoms with Gasteiger partial charge in [-0.1, -0.05) is 11.6 Å². The second-order valence-electron chi connectivity index (χ2n) is 2.43. The summed E-state index contributed by atoms with van der Waals surface area (Å²) in [5, 5.41) is 25.5. The van der Waals surface area contributed by atoms with Crippen LogP contribution >= 0.6 is 11.6 Å². The summed E-state index contributed by atoms with van der Waals surface area (Å²) in [6.07, 6.45) is 2.61. The van der Waals surface area contributed by atoms with Crippen molar-refractivity contribution in [2.24, 2.45) is 0 Å². The molecule has 1 heterocycles. The molecule has 0 fully saturated rings. The Balaban J connectivity index is 0.000000791. The number of rotatable bonds is 3. The van der Waals surface area contributed by atoms with Crippen LogP contribution in [0, 0.1) is 0 Å². The zero-order chi connectivity index (χ0) is 11.0. The van der Waals surface area contributed by atoms with Gasteiger partial charge in [0.25, 0.3) is 0 Å². The first kappa shape index (κ1) is 13.3. The van der Waals surface area contributed by atoms with E-state index in [4.69, 9.17) is 21.8 Å². The molecule has 5 heteroatoms. The zero-order valence-electron chi connectivity index (χ0n) is 7.89. The lowest BCUT2D eigenvalue weighted by molar-refractivity contribution is 0.134. The Labute approximate surface area is 87.8 Å². The van der Waals surface area contributed by atoms with Gasteiger partial charge >= 0.3 is 0 Å². The number of aromatic nitrogens is 1. The molecule has 0 aromatic carbocycles. The Hall–Kier alpha value is -0.680. The molecule has 0 spiro atoms. The van der Waals surface area contributed by atoms with Crippen LogP contribution in [0.3, 0.4) is 0 Å². The highest BCUT2D eigenvalue weighted by molar-refractivity contribution is 6.31. The van der Waals surface area contributed by atoms with Gasteiger partial charge in [0.2, 0.25) is 0 Å². The molecule has 0 aliphatic carbocycles. The molecule has 1 atom stereocenters. The number of hydrogen-bond donors (Lipinski definition) is 3. The maximum Gasteiger partial charge on any atom is 0.0841 e. The number of aliphatic hydroxyl groups is 3. The Morgan fingerprint density at radius 1 is 1.50 bits per heavy atom. The van der Waals surface area contributed by atoms with E-state index in [1.165, 1.54) is 6.20 Å². The van der Waals surface area contributed by atoms with Crippen molar-refractivity contribution in [2.45, 2.75) is 12.5 Å². The van der Waals surface area contributed by atoms with Crippen molar-refractivity contribution >= 4 is 11.6 Å². The summed E-state index contributed by atoms with van der Waals surface area (Å²) in [5.74, 6) is 0. The van der Waals surface area contributed by atoms with E-state index in [1.54, 1.807) is 12.3 Å². The van der Waals surface area contributed by atoms with E-state index >= 15 is 0 Å². The quantitative estimate of drug-likeness (QED) is 0.702. The predicted molar refractivity (Wildman–Crippen MR) is 54.1 cm³/mol. The second kappa shape index (κ2) is 7.70. The maximum absolute atomic E-state index is 9.42. The molecule has 0 saturated heterocycles. The van der Waals surface area contributed by atoms with Crippen molar-refractivity contribution in [1.29, 1.82) is 0 Å². The topological polar surface area (TPSA) is 73.6 Å². The highest BCUT2D eigenvalue weighted by Crippen LogP contribution is 2.23. The van der Waals surface area contributed by atoms with Crippen molar-refractivity contribution < 1.29 is 15.3 Å². The molecule has 4 nitrogen and oxygen atoms in total. The van der Waals surface area contributed by atoms with Crippen LogP contribution in [0.5, 0.6) is 0 Å². The van der Waals surface area contributed by atoms with Gasteiger partial charge in [-0.15, -0.1) is 0 Å². The normalized spacial score (nSPS) is 11.5. The van der Waals surface area contributed by atoms with E-state index in [0.29, 0.717) is 10.6 Å². The minimum absolute atomic E-state index is 0.0631. The van der Waals surface area contributed by atoms with E-state index in [0.717, 1.165) is 7.11 Å². The van der Waals surface area contributed by atoms with Crippen LogP contribution in [0.25, 0.3) is 0 Å². The van der Waals surface area contributed by atoms with Gasteiger partial charge in [0.05, 0.1) is 6.10 Å². The molecule has 1 rings (SSSR count). The molecule has 1 aromatic rings. The lowest BCUT2D eigenvalue weighted by atomic mass is 10.1. The Morgan fingerprint density at radius 2 is 2.14 bits per heavy atom. The summed E-state index contributed by atoms with van der Waals surface area (Å²) in [7, 11) is 1.00. The minimum Gasteiger partial charge on any atom is -0.400 e. The van der Waals surface area contributed by atoms with Crippen LogP contribution in [0.1, 0.15) is 18.1 Å². The van der Waals surface area contributed by atoms with Crippen molar-refractivity contribution in [2.75, 3.05) is 13.7 Å². The third kappa shape index (κ3) is 4.02. The SMILES string of the molecule is CO.OCCC(O)c1cnccc1Cl. The molecular formula is C9H14ClNO3. The molecule has 0 aliphatic heterocycles. The zero-order valence-corrected chi connectivity index (χ0v) is 8.65. The molecule has 0 saturated carbocycles. The number of hydrogen-bond acceptors (Lipinski definition) is 4. The van der Waals surface area contributed by atoms with Crippen LogP contribution in [-0.2, 0) is 0 Å². The van der Waals surface area contributed by atoms with Crippen LogP contribution in [0.15, 0.2) is 18.5 Å². The predicted octanol–water partition coefficient (Wildman–Crippen LogP) is 0.759. The standard InChI is InChI=1S/C8H10ClNO2.CH4O/c9-7-1-3-10-5-6(7)8(12)2-4-11;1-2/h1,3,5,8,11-12H,2,4H2;2H,1H3. The van der Waals surface area contributed by atoms with E-state index in [1.807, 2.05) is 0 Å². The molecule has 1 aromatic heterocycles. The summed E-state index contributed by atoms with van der Waals surface area (Å²) in [6.45, 7) is -0.0631. The summed E-state index contributed by atoms with van der Waals surface area (Å²) in [6, 6.07) is 1.61. The van der Waals surface area contributed by atoms with E-state index in [-0.39, 0.29) is 13.0 Å². The second-order valence-corrected chi connectivity index (χ2v) is 2.83. The fourth-order valence-corrected chi connectivity index (χ4v) is 1.14. The van der Waals surface area contributed by atoms with Gasteiger partial charge in [0, 0.05) is 43.1 Å². The number of nitrogens with zero attached hydrogens (tertiary/aromatic N) is 1. The molecule has 0 bridgehead atoms. The molecule has 0 aliphatic rings. The van der Waals surface area contributed by atoms with Gasteiger partial charge in [-0.25, -0.2) is 0 Å². The fraction of sp³-hybridized carbons (Fsp3) is 0.444. The first-order chi connectivity index (χ1) is 6.75. The third-order valence-electron chi connectivity index (χ3n) is 1.56. The minimum atomic E-state index is -0.726. The van der Waals surface area contributed by atoms with Gasteiger partial charge in [0.1, 0.15) is 0 Å². The van der Waals surface area contributed by atoms with Crippen molar-refractivity contribution in [3.8, 4) is 0 Å². The third-order valence-corrected chi connectivity index (χ3v) is 1.90. The van der Waals surface area contributed by atoms with Gasteiger partial charge in [-0.2, -0.15) is 0 Å². The Bertz CT molecular complexity index is 258. The lowest BCUT2D eigenvalue weighted by Crippen LogP contribution is -2.01. The van der Waals surface area contributed by atoms with Crippen LogP contribution in [0.2, 0.25) is 5.02 Å². The van der Waals surface area contributed by atoms with Gasteiger partial charge in [0.15, 0.2) is 0 Å². The number of halogens is 1. The van der Waals surface area contributed by atoms with Gasteiger partial charge in [-0.3, -0.25) is 4.98 Å². The highest BCUT2D eigenvalue weighted by Gasteiger charge is 2.09. The Morgan fingerprint density at radius 3 is 2.64 bits per heavy atom. The maximum atomic E-state index is 9.42. The van der Waals surface area contributed by atoms with E-state index in [2.05, 4.69) is 4.98 Å². The van der Waals surface area contributed by atoms with Crippen LogP contribution in [-0.4, -0.2) is 34.0 Å². The lowest BCUT2D eigenvalue weighted by Gasteiger charge is -2.09. The molecule has 3 N–H and O–H groups in total. The Kier molecular flexibility index (Phi) is 7.32. The fourth-order valence-electron chi connectivity index (χ4n) is 0.913. The summed E-state index contributed by atoms with van der Waals surface area (Å²) in [5.41, 5.74) is 0.563. The summed E-state index contributed by atoms with van der Waals surface area (Å²) >= 11 is 5.77. The number of pyridine rings is 1. The summed E-state index contributed by atoms with van der Waals surface area (Å²) < 4.78 is 0. The van der Waals surface area contributed by atoms with Crippen molar-refractivity contribution in [3.63, 3.8) is 0 Å². The van der Waals surface area contributed by atoms with E-state index in [9.17, 15) is 5.11 Å². The average molecular weight is 220 g/mol. The van der Waals surface area contributed by atoms with Crippen molar-refractivity contribution in [3.05, 3.63) is 29.0 Å². The van der Waals surface area contributed by atoms with Crippen molar-refractivity contribution in [1.82, 2.24) is 4.98 Å². The first-order valence-electron chi connectivity index (χ1n) is 4.08. The monoisotopic (exact) mass is 219 g/mol. The molecule has 14 heavy (non-hydrogen) atoms. The number of aliphatic hydroxyl groups excluding tert-OH is 3. The van der Waals surface area contributed by atoms with Gasteiger partial charge < -0.3 is 15.3 Å². The highest BCUT2D eigenvalue weighted by atomic mass is 35.5. The average Bonchev–Trinajstić information content (AvgIpc) is 2.22. The molecule has 0 amide bonds. The molecule has 1 unspecified atom stereocenters. The van der Waals surface area contributed by atoms with E-state index < -0.39 is 6.10 Å². The molecule has 0 radical (unpaired) electrons. The van der Waals surface area contributed by atoms with Gasteiger partial charge in [-0.05, 0) is 6.07 Å². The van der Waals surface area contributed by atoms with Crippen LogP contribution < -0.4 is 0 Å². The largest absolute Gasteiger partial charge is 0.400 e.